The second kappa shape index (κ2) is 7.87. The van der Waals surface area contributed by atoms with Gasteiger partial charge in [-0.15, -0.1) is 0 Å². The van der Waals surface area contributed by atoms with Crippen LogP contribution in [-0.4, -0.2) is 35.5 Å². The number of hydrogen-bond donors (Lipinski definition) is 3. The number of likely N-dealkylation sites (N-methyl/N-ethyl adjacent to an activating group) is 1. The SMILES string of the molecule is CC[NH+](CC(=O)NCC(C)C)Cc1nc2ccccc2c(=O)[nH]1. The minimum atomic E-state index is -0.134. The molecule has 1 atom stereocenters. The molecule has 6 heteroatoms. The van der Waals surface area contributed by atoms with Gasteiger partial charge in [-0.1, -0.05) is 26.0 Å². The van der Waals surface area contributed by atoms with E-state index in [1.54, 1.807) is 6.07 Å². The lowest BCUT2D eigenvalue weighted by atomic mass is 10.2. The fourth-order valence-electron chi connectivity index (χ4n) is 2.38. The third-order valence-corrected chi connectivity index (χ3v) is 3.70. The van der Waals surface area contributed by atoms with Gasteiger partial charge < -0.3 is 15.2 Å². The van der Waals surface area contributed by atoms with Gasteiger partial charge in [0.2, 0.25) is 0 Å². The molecule has 1 unspecified atom stereocenters. The summed E-state index contributed by atoms with van der Waals surface area (Å²) < 4.78 is 0. The minimum absolute atomic E-state index is 0.0266. The maximum absolute atomic E-state index is 12.1. The Morgan fingerprint density at radius 2 is 2.09 bits per heavy atom. The number of nitrogens with one attached hydrogen (secondary N) is 3. The Hall–Kier alpha value is -2.21. The van der Waals surface area contributed by atoms with Gasteiger partial charge in [-0.05, 0) is 25.0 Å². The number of hydrogen-bond acceptors (Lipinski definition) is 3. The molecule has 0 spiro atoms. The molecule has 1 aromatic carbocycles. The van der Waals surface area contributed by atoms with Gasteiger partial charge >= 0.3 is 0 Å². The van der Waals surface area contributed by atoms with Gasteiger partial charge in [0, 0.05) is 6.54 Å². The Labute approximate surface area is 135 Å². The van der Waals surface area contributed by atoms with E-state index in [0.717, 1.165) is 11.4 Å². The summed E-state index contributed by atoms with van der Waals surface area (Å²) in [5.74, 6) is 1.07. The topological polar surface area (TPSA) is 79.3 Å². The molecular weight excluding hydrogens is 292 g/mol. The third kappa shape index (κ3) is 4.89. The minimum Gasteiger partial charge on any atom is -0.351 e. The first-order valence-electron chi connectivity index (χ1n) is 8.07. The lowest BCUT2D eigenvalue weighted by Crippen LogP contribution is -3.11. The fraction of sp³-hybridized carbons (Fsp3) is 0.471. The van der Waals surface area contributed by atoms with Gasteiger partial charge in [0.25, 0.3) is 11.5 Å². The van der Waals surface area contributed by atoms with Crippen LogP contribution in [0.2, 0.25) is 0 Å². The Morgan fingerprint density at radius 1 is 1.35 bits per heavy atom. The fourth-order valence-corrected chi connectivity index (χ4v) is 2.38. The van der Waals surface area contributed by atoms with E-state index in [1.807, 2.05) is 25.1 Å². The van der Waals surface area contributed by atoms with Crippen LogP contribution in [0.1, 0.15) is 26.6 Å². The van der Waals surface area contributed by atoms with E-state index >= 15 is 0 Å². The molecule has 23 heavy (non-hydrogen) atoms. The highest BCUT2D eigenvalue weighted by molar-refractivity contribution is 5.77. The molecule has 0 aliphatic rings. The molecule has 0 aliphatic carbocycles. The molecule has 0 bridgehead atoms. The van der Waals surface area contributed by atoms with Crippen LogP contribution in [0, 0.1) is 5.92 Å². The maximum atomic E-state index is 12.1. The predicted octanol–water partition coefficient (Wildman–Crippen LogP) is 0.100. The number of amides is 1. The van der Waals surface area contributed by atoms with Crippen molar-refractivity contribution in [3.63, 3.8) is 0 Å². The molecular formula is C17H25N4O2+. The molecule has 0 fully saturated rings. The van der Waals surface area contributed by atoms with Crippen molar-refractivity contribution in [2.45, 2.75) is 27.3 Å². The van der Waals surface area contributed by atoms with Gasteiger partial charge in [0.05, 0.1) is 17.4 Å². The summed E-state index contributed by atoms with van der Waals surface area (Å²) in [6, 6.07) is 7.27. The van der Waals surface area contributed by atoms with Crippen LogP contribution >= 0.6 is 0 Å². The van der Waals surface area contributed by atoms with Crippen LogP contribution < -0.4 is 15.8 Å². The quantitative estimate of drug-likeness (QED) is 0.678. The van der Waals surface area contributed by atoms with Gasteiger partial charge in [-0.25, -0.2) is 4.98 Å². The van der Waals surface area contributed by atoms with Crippen molar-refractivity contribution in [3.05, 3.63) is 40.4 Å². The molecule has 0 saturated carbocycles. The van der Waals surface area contributed by atoms with E-state index in [-0.39, 0.29) is 11.5 Å². The molecule has 1 amide bonds. The number of aromatic nitrogens is 2. The van der Waals surface area contributed by atoms with E-state index in [0.29, 0.717) is 42.3 Å². The van der Waals surface area contributed by atoms with Crippen molar-refractivity contribution in [1.82, 2.24) is 15.3 Å². The van der Waals surface area contributed by atoms with Crippen molar-refractivity contribution in [1.29, 1.82) is 0 Å². The number of fused-ring (bicyclic) bond motifs is 1. The lowest BCUT2D eigenvalue weighted by Gasteiger charge is -2.17. The molecule has 2 rings (SSSR count). The first-order valence-corrected chi connectivity index (χ1v) is 8.07. The summed E-state index contributed by atoms with van der Waals surface area (Å²) in [4.78, 5) is 32.4. The van der Waals surface area contributed by atoms with Crippen molar-refractivity contribution < 1.29 is 9.69 Å². The van der Waals surface area contributed by atoms with Crippen LogP contribution in [-0.2, 0) is 11.3 Å². The van der Waals surface area contributed by atoms with E-state index in [9.17, 15) is 9.59 Å². The number of rotatable bonds is 7. The van der Waals surface area contributed by atoms with Crippen LogP contribution in [0.25, 0.3) is 10.9 Å². The van der Waals surface area contributed by atoms with Crippen molar-refractivity contribution in [2.75, 3.05) is 19.6 Å². The first kappa shape index (κ1) is 17.1. The average molecular weight is 317 g/mol. The number of aromatic amines is 1. The average Bonchev–Trinajstić information content (AvgIpc) is 2.52. The zero-order valence-corrected chi connectivity index (χ0v) is 14.0. The van der Waals surface area contributed by atoms with Gasteiger partial charge in [-0.2, -0.15) is 0 Å². The normalized spacial score (nSPS) is 12.5. The number of carbonyl (C=O) groups excluding carboxylic acids is 1. The lowest BCUT2D eigenvalue weighted by molar-refractivity contribution is -0.904. The highest BCUT2D eigenvalue weighted by Crippen LogP contribution is 2.04. The molecule has 6 nitrogen and oxygen atoms in total. The zero-order chi connectivity index (χ0) is 16.8. The molecule has 0 saturated heterocycles. The molecule has 0 aliphatic heterocycles. The largest absolute Gasteiger partial charge is 0.351 e. The van der Waals surface area contributed by atoms with Crippen LogP contribution in [0.4, 0.5) is 0 Å². The Morgan fingerprint density at radius 3 is 2.78 bits per heavy atom. The standard InChI is InChI=1S/C17H24N4O2/c1-4-21(11-16(22)18-9-12(2)3)10-15-19-14-8-6-5-7-13(14)17(23)20-15/h5-8,12H,4,9-11H2,1-3H3,(H,18,22)(H,19,20,23)/p+1. The number of nitrogens with zero attached hydrogens (tertiary/aromatic N) is 1. The summed E-state index contributed by atoms with van der Waals surface area (Å²) in [6.07, 6.45) is 0. The number of quaternary nitrogens is 1. The van der Waals surface area contributed by atoms with Crippen LogP contribution in [0.3, 0.4) is 0 Å². The number of H-pyrrole nitrogens is 1. The highest BCUT2D eigenvalue weighted by Gasteiger charge is 2.15. The Bertz CT molecular complexity index is 724. The summed E-state index contributed by atoms with van der Waals surface area (Å²) in [5, 5.41) is 3.51. The summed E-state index contributed by atoms with van der Waals surface area (Å²) in [5.41, 5.74) is 0.552. The predicted molar refractivity (Wildman–Crippen MR) is 90.3 cm³/mol. The van der Waals surface area contributed by atoms with E-state index in [1.165, 1.54) is 0 Å². The number of para-hydroxylation sites is 1. The monoisotopic (exact) mass is 317 g/mol. The molecule has 2 aromatic rings. The van der Waals surface area contributed by atoms with E-state index < -0.39 is 0 Å². The van der Waals surface area contributed by atoms with Crippen LogP contribution in [0.5, 0.6) is 0 Å². The van der Waals surface area contributed by atoms with Crippen molar-refractivity contribution in [3.8, 4) is 0 Å². The summed E-state index contributed by atoms with van der Waals surface area (Å²) in [6.45, 7) is 8.51. The number of carbonyl (C=O) groups is 1. The highest BCUT2D eigenvalue weighted by atomic mass is 16.2. The number of benzene rings is 1. The summed E-state index contributed by atoms with van der Waals surface area (Å²) >= 11 is 0. The molecule has 3 N–H and O–H groups in total. The molecule has 1 heterocycles. The molecule has 0 radical (unpaired) electrons. The zero-order valence-electron chi connectivity index (χ0n) is 14.0. The first-order chi connectivity index (χ1) is 11.0. The Kier molecular flexibility index (Phi) is 5.87. The Balaban J connectivity index is 2.07. The maximum Gasteiger partial charge on any atom is 0.275 e. The molecule has 1 aromatic heterocycles. The second-order valence-corrected chi connectivity index (χ2v) is 6.18. The van der Waals surface area contributed by atoms with Crippen LogP contribution in [0.15, 0.2) is 29.1 Å². The smallest absolute Gasteiger partial charge is 0.275 e. The van der Waals surface area contributed by atoms with Crippen molar-refractivity contribution in [2.24, 2.45) is 5.92 Å². The third-order valence-electron chi connectivity index (χ3n) is 3.70. The van der Waals surface area contributed by atoms with Crippen molar-refractivity contribution >= 4 is 16.8 Å². The van der Waals surface area contributed by atoms with Gasteiger partial charge in [0.1, 0.15) is 6.54 Å². The van der Waals surface area contributed by atoms with E-state index in [2.05, 4.69) is 29.1 Å². The van der Waals surface area contributed by atoms with Gasteiger partial charge in [-0.3, -0.25) is 9.59 Å². The summed E-state index contributed by atoms with van der Waals surface area (Å²) in [7, 11) is 0. The molecule has 124 valence electrons. The second-order valence-electron chi connectivity index (χ2n) is 6.18. The van der Waals surface area contributed by atoms with E-state index in [4.69, 9.17) is 0 Å². The van der Waals surface area contributed by atoms with Gasteiger partial charge in [0.15, 0.2) is 12.4 Å².